The first-order chi connectivity index (χ1) is 13.7. The number of fused-ring (bicyclic) bond motifs is 1. The number of benzene rings is 2. The van der Waals surface area contributed by atoms with Gasteiger partial charge in [0.25, 0.3) is 5.56 Å². The molecule has 0 aliphatic rings. The van der Waals surface area contributed by atoms with Gasteiger partial charge in [0, 0.05) is 18.4 Å². The summed E-state index contributed by atoms with van der Waals surface area (Å²) >= 11 is 2.77. The minimum absolute atomic E-state index is 0.111. The standard InChI is InChI=1S/C21H16N4OS2/c1-2-25-20(26)18(13-23-14-8-4-3-5-9-14)28-21(25)15(12-22)19-24-16-10-6-7-11-17(16)27-19/h3-11,13,23H,2H2,1H3/b18-13+,21-15-. The fraction of sp³-hybridized carbons (Fsp3) is 0.0952. The molecule has 1 N–H and O–H groups in total. The summed E-state index contributed by atoms with van der Waals surface area (Å²) in [5.74, 6) is 0. The summed E-state index contributed by atoms with van der Waals surface area (Å²) in [6.07, 6.45) is 1.70. The number of rotatable bonds is 4. The molecule has 0 saturated carbocycles. The van der Waals surface area contributed by atoms with Crippen molar-refractivity contribution in [1.82, 2.24) is 9.55 Å². The lowest BCUT2D eigenvalue weighted by atomic mass is 10.3. The number of aromatic nitrogens is 2. The maximum absolute atomic E-state index is 12.8. The Hall–Kier alpha value is -3.21. The summed E-state index contributed by atoms with van der Waals surface area (Å²) in [4.78, 5) is 17.4. The van der Waals surface area contributed by atoms with Gasteiger partial charge in [-0.3, -0.25) is 9.36 Å². The van der Waals surface area contributed by atoms with Crippen LogP contribution in [0.2, 0.25) is 0 Å². The molecular weight excluding hydrogens is 388 g/mol. The Balaban J connectivity index is 1.90. The number of nitrogens with one attached hydrogen (secondary N) is 1. The average Bonchev–Trinajstić information content (AvgIpc) is 3.29. The molecule has 0 fully saturated rings. The van der Waals surface area contributed by atoms with E-state index in [-0.39, 0.29) is 5.56 Å². The van der Waals surface area contributed by atoms with Gasteiger partial charge in [-0.1, -0.05) is 30.3 Å². The summed E-state index contributed by atoms with van der Waals surface area (Å²) in [6, 6.07) is 19.7. The summed E-state index contributed by atoms with van der Waals surface area (Å²) in [5.41, 5.74) is 2.08. The summed E-state index contributed by atoms with van der Waals surface area (Å²) in [6.45, 7) is 2.39. The van der Waals surface area contributed by atoms with Crippen molar-refractivity contribution in [3.8, 4) is 6.07 Å². The Labute approximate surface area is 169 Å². The predicted octanol–water partition coefficient (Wildman–Crippen LogP) is 3.11. The molecule has 0 bridgehead atoms. The molecule has 0 aliphatic carbocycles. The average molecular weight is 405 g/mol. The van der Waals surface area contributed by atoms with E-state index in [4.69, 9.17) is 0 Å². The lowest BCUT2D eigenvalue weighted by Crippen LogP contribution is -2.31. The van der Waals surface area contributed by atoms with Crippen LogP contribution in [0, 0.1) is 11.3 Å². The number of hydrogen-bond acceptors (Lipinski definition) is 6. The van der Waals surface area contributed by atoms with Crippen LogP contribution in [0.15, 0.2) is 59.4 Å². The van der Waals surface area contributed by atoms with E-state index in [0.29, 0.717) is 26.3 Å². The van der Waals surface area contributed by atoms with Crippen molar-refractivity contribution in [3.63, 3.8) is 0 Å². The van der Waals surface area contributed by atoms with Gasteiger partial charge >= 0.3 is 0 Å². The molecule has 0 amide bonds. The van der Waals surface area contributed by atoms with Crippen LogP contribution in [-0.4, -0.2) is 9.55 Å². The van der Waals surface area contributed by atoms with Crippen LogP contribution < -0.4 is 20.1 Å². The molecule has 2 aromatic heterocycles. The monoisotopic (exact) mass is 404 g/mol. The molecule has 0 atom stereocenters. The minimum Gasteiger partial charge on any atom is -0.360 e. The van der Waals surface area contributed by atoms with E-state index in [1.54, 1.807) is 10.8 Å². The van der Waals surface area contributed by atoms with Crippen LogP contribution >= 0.6 is 22.7 Å². The number of thiazole rings is 2. The largest absolute Gasteiger partial charge is 0.360 e. The molecule has 4 rings (SSSR count). The van der Waals surface area contributed by atoms with Crippen LogP contribution in [0.1, 0.15) is 11.9 Å². The molecule has 138 valence electrons. The molecular formula is C21H16N4OS2. The van der Waals surface area contributed by atoms with Crippen LogP contribution in [0.4, 0.5) is 5.69 Å². The molecule has 0 radical (unpaired) electrons. The highest BCUT2D eigenvalue weighted by molar-refractivity contribution is 7.19. The van der Waals surface area contributed by atoms with E-state index in [9.17, 15) is 10.1 Å². The first-order valence-corrected chi connectivity index (χ1v) is 10.4. The van der Waals surface area contributed by atoms with E-state index < -0.39 is 0 Å². The van der Waals surface area contributed by atoms with Crippen molar-refractivity contribution in [3.05, 3.63) is 79.2 Å². The fourth-order valence-corrected chi connectivity index (χ4v) is 4.96. The molecule has 0 unspecified atom stereocenters. The van der Waals surface area contributed by atoms with Gasteiger partial charge in [0.2, 0.25) is 0 Å². The van der Waals surface area contributed by atoms with Crippen molar-refractivity contribution in [1.29, 1.82) is 5.26 Å². The third-order valence-electron chi connectivity index (χ3n) is 4.20. The molecule has 7 heteroatoms. The van der Waals surface area contributed by atoms with E-state index in [0.717, 1.165) is 15.9 Å². The Morgan fingerprint density at radius 2 is 1.93 bits per heavy atom. The Bertz CT molecular complexity index is 1320. The van der Waals surface area contributed by atoms with E-state index in [2.05, 4.69) is 16.4 Å². The van der Waals surface area contributed by atoms with E-state index >= 15 is 0 Å². The number of hydrogen-bond donors (Lipinski definition) is 1. The van der Waals surface area contributed by atoms with Gasteiger partial charge in [-0.2, -0.15) is 5.26 Å². The summed E-state index contributed by atoms with van der Waals surface area (Å²) < 4.78 is 3.84. The van der Waals surface area contributed by atoms with E-state index in [1.807, 2.05) is 61.5 Å². The van der Waals surface area contributed by atoms with Gasteiger partial charge in [-0.05, 0) is 31.2 Å². The fourth-order valence-electron chi connectivity index (χ4n) is 2.84. The smallest absolute Gasteiger partial charge is 0.270 e. The molecule has 0 spiro atoms. The molecule has 0 saturated heterocycles. The Morgan fingerprint density at radius 1 is 1.18 bits per heavy atom. The van der Waals surface area contributed by atoms with Crippen LogP contribution in [0.3, 0.4) is 0 Å². The third kappa shape index (κ3) is 3.36. The van der Waals surface area contributed by atoms with Crippen LogP contribution in [0.25, 0.3) is 22.0 Å². The van der Waals surface area contributed by atoms with E-state index in [1.165, 1.54) is 22.7 Å². The number of anilines is 1. The zero-order valence-corrected chi connectivity index (χ0v) is 16.7. The molecule has 0 aliphatic heterocycles. The third-order valence-corrected chi connectivity index (χ3v) is 6.39. The van der Waals surface area contributed by atoms with Crippen molar-refractivity contribution in [2.75, 3.05) is 5.32 Å². The lowest BCUT2D eigenvalue weighted by Gasteiger charge is -1.97. The maximum Gasteiger partial charge on any atom is 0.270 e. The van der Waals surface area contributed by atoms with Crippen molar-refractivity contribution in [2.45, 2.75) is 13.5 Å². The summed E-state index contributed by atoms with van der Waals surface area (Å²) in [7, 11) is 0. The Morgan fingerprint density at radius 3 is 2.64 bits per heavy atom. The quantitative estimate of drug-likeness (QED) is 0.567. The van der Waals surface area contributed by atoms with Gasteiger partial charge in [0.05, 0.1) is 10.2 Å². The molecule has 5 nitrogen and oxygen atoms in total. The predicted molar refractivity (Wildman–Crippen MR) is 116 cm³/mol. The SMILES string of the molecule is CCn1c(=O)/c(=C\Nc2ccccc2)s/c1=C(/C#N)c1nc2ccccc2s1. The minimum atomic E-state index is -0.111. The molecule has 2 heterocycles. The van der Waals surface area contributed by atoms with Gasteiger partial charge < -0.3 is 5.32 Å². The first kappa shape index (κ1) is 18.2. The van der Waals surface area contributed by atoms with Crippen molar-refractivity contribution < 1.29 is 0 Å². The Kier molecular flexibility index (Phi) is 5.06. The molecule has 28 heavy (non-hydrogen) atoms. The van der Waals surface area contributed by atoms with Gasteiger partial charge in [-0.15, -0.1) is 22.7 Å². The second-order valence-corrected chi connectivity index (χ2v) is 8.01. The number of nitrogens with zero attached hydrogens (tertiary/aromatic N) is 3. The molecule has 2 aromatic carbocycles. The summed E-state index contributed by atoms with van der Waals surface area (Å²) in [5, 5.41) is 13.6. The first-order valence-electron chi connectivity index (χ1n) is 8.73. The second kappa shape index (κ2) is 7.80. The highest BCUT2D eigenvalue weighted by Gasteiger charge is 2.14. The number of para-hydroxylation sites is 2. The second-order valence-electron chi connectivity index (χ2n) is 5.95. The van der Waals surface area contributed by atoms with Crippen molar-refractivity contribution in [2.24, 2.45) is 0 Å². The highest BCUT2D eigenvalue weighted by atomic mass is 32.1. The van der Waals surface area contributed by atoms with Gasteiger partial charge in [0.15, 0.2) is 0 Å². The number of nitriles is 1. The lowest BCUT2D eigenvalue weighted by molar-refractivity contribution is 0.721. The van der Waals surface area contributed by atoms with Crippen LogP contribution in [-0.2, 0) is 6.54 Å². The molecule has 4 aromatic rings. The zero-order valence-electron chi connectivity index (χ0n) is 15.0. The van der Waals surface area contributed by atoms with Gasteiger partial charge in [0.1, 0.15) is 25.8 Å². The van der Waals surface area contributed by atoms with Crippen molar-refractivity contribution >= 4 is 50.4 Å². The highest BCUT2D eigenvalue weighted by Crippen LogP contribution is 2.25. The van der Waals surface area contributed by atoms with Crippen LogP contribution in [0.5, 0.6) is 0 Å². The zero-order chi connectivity index (χ0) is 19.5. The normalized spacial score (nSPS) is 12.8. The topological polar surface area (TPSA) is 70.7 Å². The van der Waals surface area contributed by atoms with Gasteiger partial charge in [-0.25, -0.2) is 4.98 Å². The maximum atomic E-state index is 12.8.